The summed E-state index contributed by atoms with van der Waals surface area (Å²) >= 11 is 0. The predicted octanol–water partition coefficient (Wildman–Crippen LogP) is 3.17. The summed E-state index contributed by atoms with van der Waals surface area (Å²) in [4.78, 5) is 16.1. The standard InChI is InChI=1S/C18H25N5/c1-14-7-8-20-18(21-14)23-10-3-6-16(13-23)17-19-9-11-22(17)12-15-4-2-5-15/h7-9,11,15-16H,2-6,10,12-13H2,1H3. The van der Waals surface area contributed by atoms with Crippen LogP contribution in [0.2, 0.25) is 0 Å². The third kappa shape index (κ3) is 3.09. The number of imidazole rings is 1. The smallest absolute Gasteiger partial charge is 0.225 e. The first-order valence-corrected chi connectivity index (χ1v) is 8.85. The van der Waals surface area contributed by atoms with Crippen molar-refractivity contribution in [3.8, 4) is 0 Å². The van der Waals surface area contributed by atoms with Crippen molar-refractivity contribution in [1.82, 2.24) is 19.5 Å². The molecule has 0 spiro atoms. The number of rotatable bonds is 4. The lowest BCUT2D eigenvalue weighted by molar-refractivity contribution is 0.270. The predicted molar refractivity (Wildman–Crippen MR) is 90.5 cm³/mol. The second-order valence-corrected chi connectivity index (χ2v) is 7.02. The first-order valence-electron chi connectivity index (χ1n) is 8.85. The summed E-state index contributed by atoms with van der Waals surface area (Å²) in [5.41, 5.74) is 1.03. The Morgan fingerprint density at radius 3 is 2.83 bits per heavy atom. The molecule has 122 valence electrons. The average molecular weight is 311 g/mol. The van der Waals surface area contributed by atoms with Gasteiger partial charge in [0.2, 0.25) is 5.95 Å². The van der Waals surface area contributed by atoms with Gasteiger partial charge in [-0.1, -0.05) is 6.42 Å². The molecule has 2 fully saturated rings. The van der Waals surface area contributed by atoms with E-state index in [1.54, 1.807) is 0 Å². The minimum Gasteiger partial charge on any atom is -0.340 e. The number of aryl methyl sites for hydroxylation is 1. The summed E-state index contributed by atoms with van der Waals surface area (Å²) in [6.45, 7) is 5.19. The SMILES string of the molecule is Cc1ccnc(N2CCCC(c3nccn3CC3CCC3)C2)n1. The van der Waals surface area contributed by atoms with Gasteiger partial charge >= 0.3 is 0 Å². The van der Waals surface area contributed by atoms with Gasteiger partial charge in [0, 0.05) is 49.8 Å². The van der Waals surface area contributed by atoms with Crippen molar-refractivity contribution in [3.05, 3.63) is 36.2 Å². The average Bonchev–Trinajstić information content (AvgIpc) is 2.99. The summed E-state index contributed by atoms with van der Waals surface area (Å²) in [7, 11) is 0. The van der Waals surface area contributed by atoms with Gasteiger partial charge in [-0.05, 0) is 44.6 Å². The van der Waals surface area contributed by atoms with Gasteiger partial charge in [0.25, 0.3) is 0 Å². The molecule has 5 heteroatoms. The maximum Gasteiger partial charge on any atom is 0.225 e. The highest BCUT2D eigenvalue weighted by Crippen LogP contribution is 2.31. The van der Waals surface area contributed by atoms with E-state index in [-0.39, 0.29) is 0 Å². The highest BCUT2D eigenvalue weighted by molar-refractivity contribution is 5.32. The van der Waals surface area contributed by atoms with E-state index in [0.29, 0.717) is 5.92 Å². The molecule has 1 aliphatic carbocycles. The van der Waals surface area contributed by atoms with Crippen LogP contribution >= 0.6 is 0 Å². The van der Waals surface area contributed by atoms with Crippen molar-refractivity contribution in [2.45, 2.75) is 51.5 Å². The van der Waals surface area contributed by atoms with Crippen molar-refractivity contribution in [3.63, 3.8) is 0 Å². The second kappa shape index (κ2) is 6.30. The molecule has 2 aliphatic rings. The van der Waals surface area contributed by atoms with E-state index in [1.165, 1.54) is 37.9 Å². The third-order valence-electron chi connectivity index (χ3n) is 5.28. The molecule has 23 heavy (non-hydrogen) atoms. The van der Waals surface area contributed by atoms with Crippen LogP contribution in [0.3, 0.4) is 0 Å². The normalized spacial score (nSPS) is 22.1. The Bertz CT molecular complexity index is 661. The zero-order chi connectivity index (χ0) is 15.6. The van der Waals surface area contributed by atoms with E-state index < -0.39 is 0 Å². The summed E-state index contributed by atoms with van der Waals surface area (Å²) in [6.07, 6.45) is 12.5. The Morgan fingerprint density at radius 2 is 2.04 bits per heavy atom. The van der Waals surface area contributed by atoms with E-state index >= 15 is 0 Å². The van der Waals surface area contributed by atoms with Gasteiger partial charge < -0.3 is 9.47 Å². The monoisotopic (exact) mass is 311 g/mol. The molecule has 1 aliphatic heterocycles. The summed E-state index contributed by atoms with van der Waals surface area (Å²) < 4.78 is 2.40. The van der Waals surface area contributed by atoms with Gasteiger partial charge in [0.05, 0.1) is 0 Å². The van der Waals surface area contributed by atoms with Gasteiger partial charge in [-0.15, -0.1) is 0 Å². The Labute approximate surface area is 137 Å². The van der Waals surface area contributed by atoms with Crippen molar-refractivity contribution < 1.29 is 0 Å². The number of hydrogen-bond acceptors (Lipinski definition) is 4. The van der Waals surface area contributed by atoms with Crippen molar-refractivity contribution >= 4 is 5.95 Å². The van der Waals surface area contributed by atoms with E-state index in [4.69, 9.17) is 4.98 Å². The van der Waals surface area contributed by atoms with Crippen LogP contribution in [0.4, 0.5) is 5.95 Å². The zero-order valence-electron chi connectivity index (χ0n) is 13.9. The lowest BCUT2D eigenvalue weighted by atomic mass is 9.85. The Morgan fingerprint density at radius 1 is 1.13 bits per heavy atom. The number of aromatic nitrogens is 4. The van der Waals surface area contributed by atoms with Crippen LogP contribution in [0.5, 0.6) is 0 Å². The topological polar surface area (TPSA) is 46.8 Å². The van der Waals surface area contributed by atoms with E-state index in [1.807, 2.05) is 25.4 Å². The van der Waals surface area contributed by atoms with E-state index in [9.17, 15) is 0 Å². The largest absolute Gasteiger partial charge is 0.340 e. The van der Waals surface area contributed by atoms with Crippen LogP contribution in [0.25, 0.3) is 0 Å². The summed E-state index contributed by atoms with van der Waals surface area (Å²) in [6, 6.07) is 1.95. The highest BCUT2D eigenvalue weighted by Gasteiger charge is 2.27. The number of nitrogens with zero attached hydrogens (tertiary/aromatic N) is 5. The molecule has 5 nitrogen and oxygen atoms in total. The quantitative estimate of drug-likeness (QED) is 0.870. The van der Waals surface area contributed by atoms with Crippen LogP contribution in [-0.2, 0) is 6.54 Å². The molecule has 4 rings (SSSR count). The maximum atomic E-state index is 4.69. The summed E-state index contributed by atoms with van der Waals surface area (Å²) in [5.74, 6) is 3.48. The van der Waals surface area contributed by atoms with Gasteiger partial charge in [-0.3, -0.25) is 0 Å². The molecule has 2 aromatic rings. The molecule has 1 atom stereocenters. The van der Waals surface area contributed by atoms with Crippen LogP contribution < -0.4 is 4.90 Å². The van der Waals surface area contributed by atoms with Gasteiger partial charge in [-0.2, -0.15) is 0 Å². The first kappa shape index (κ1) is 14.7. The van der Waals surface area contributed by atoms with Gasteiger partial charge in [-0.25, -0.2) is 15.0 Å². The molecule has 1 saturated heterocycles. The third-order valence-corrected chi connectivity index (χ3v) is 5.28. The van der Waals surface area contributed by atoms with Crippen molar-refractivity contribution in [2.24, 2.45) is 5.92 Å². The zero-order valence-corrected chi connectivity index (χ0v) is 13.9. The van der Waals surface area contributed by atoms with Crippen LogP contribution in [0.1, 0.15) is 49.5 Å². The Hall–Kier alpha value is -1.91. The fourth-order valence-corrected chi connectivity index (χ4v) is 3.75. The van der Waals surface area contributed by atoms with Gasteiger partial charge in [0.15, 0.2) is 0 Å². The summed E-state index contributed by atoms with van der Waals surface area (Å²) in [5, 5.41) is 0. The molecule has 3 heterocycles. The highest BCUT2D eigenvalue weighted by atomic mass is 15.3. The number of anilines is 1. The maximum absolute atomic E-state index is 4.69. The first-order chi connectivity index (χ1) is 11.3. The number of piperidine rings is 1. The molecule has 2 aromatic heterocycles. The lowest BCUT2D eigenvalue weighted by Crippen LogP contribution is -2.36. The molecule has 0 radical (unpaired) electrons. The minimum absolute atomic E-state index is 0.489. The number of hydrogen-bond donors (Lipinski definition) is 0. The van der Waals surface area contributed by atoms with Crippen LogP contribution in [0.15, 0.2) is 24.7 Å². The molecular formula is C18H25N5. The fraction of sp³-hybridized carbons (Fsp3) is 0.611. The second-order valence-electron chi connectivity index (χ2n) is 7.02. The van der Waals surface area contributed by atoms with Crippen molar-refractivity contribution in [1.29, 1.82) is 0 Å². The van der Waals surface area contributed by atoms with Crippen LogP contribution in [0, 0.1) is 12.8 Å². The minimum atomic E-state index is 0.489. The van der Waals surface area contributed by atoms with E-state index in [0.717, 1.165) is 37.2 Å². The Balaban J connectivity index is 1.50. The van der Waals surface area contributed by atoms with Crippen molar-refractivity contribution in [2.75, 3.05) is 18.0 Å². The molecule has 0 amide bonds. The lowest BCUT2D eigenvalue weighted by Gasteiger charge is -2.33. The molecule has 0 bridgehead atoms. The molecular weight excluding hydrogens is 286 g/mol. The van der Waals surface area contributed by atoms with E-state index in [2.05, 4.69) is 25.6 Å². The Kier molecular flexibility index (Phi) is 4.02. The molecule has 1 unspecified atom stereocenters. The molecule has 1 saturated carbocycles. The van der Waals surface area contributed by atoms with Gasteiger partial charge in [0.1, 0.15) is 5.82 Å². The van der Waals surface area contributed by atoms with Crippen LogP contribution in [-0.4, -0.2) is 32.6 Å². The molecule has 0 N–H and O–H groups in total. The fourth-order valence-electron chi connectivity index (χ4n) is 3.75. The molecule has 0 aromatic carbocycles.